The van der Waals surface area contributed by atoms with Crippen LogP contribution in [0.4, 0.5) is 0 Å². The van der Waals surface area contributed by atoms with E-state index in [0.717, 1.165) is 0 Å². The Morgan fingerprint density at radius 2 is 1.87 bits per heavy atom. The maximum atomic E-state index is 9.02. The van der Waals surface area contributed by atoms with Crippen LogP contribution in [0.5, 0.6) is 11.5 Å². The molecule has 1 aromatic carbocycles. The van der Waals surface area contributed by atoms with E-state index in [9.17, 15) is 0 Å². The lowest BCUT2D eigenvalue weighted by atomic mass is 10.2. The van der Waals surface area contributed by atoms with Crippen molar-refractivity contribution in [2.24, 2.45) is 0 Å². The van der Waals surface area contributed by atoms with Gasteiger partial charge in [-0.2, -0.15) is 0 Å². The first-order chi connectivity index (χ1) is 7.22. The van der Waals surface area contributed by atoms with Crippen LogP contribution < -0.4 is 9.47 Å². The molecule has 1 rings (SSSR count). The van der Waals surface area contributed by atoms with Crippen molar-refractivity contribution in [1.29, 1.82) is 0 Å². The number of halogens is 1. The van der Waals surface area contributed by atoms with E-state index in [0.29, 0.717) is 35.3 Å². The zero-order chi connectivity index (χ0) is 11.3. The minimum Gasteiger partial charge on any atom is -0.490 e. The van der Waals surface area contributed by atoms with Crippen molar-refractivity contribution in [3.8, 4) is 11.5 Å². The topological polar surface area (TPSA) is 38.7 Å². The third-order valence-electron chi connectivity index (χ3n) is 1.84. The molecule has 0 saturated heterocycles. The van der Waals surface area contributed by atoms with Gasteiger partial charge in [-0.05, 0) is 31.5 Å². The van der Waals surface area contributed by atoms with Crippen molar-refractivity contribution in [2.45, 2.75) is 20.5 Å². The SMILES string of the molecule is CCOc1cc(CO)cc(Cl)c1OCC. The zero-order valence-electron chi connectivity index (χ0n) is 8.92. The molecule has 4 heteroatoms. The van der Waals surface area contributed by atoms with Gasteiger partial charge in [-0.25, -0.2) is 0 Å². The van der Waals surface area contributed by atoms with E-state index < -0.39 is 0 Å². The fourth-order valence-corrected chi connectivity index (χ4v) is 1.55. The molecular weight excluding hydrogens is 216 g/mol. The lowest BCUT2D eigenvalue weighted by molar-refractivity contribution is 0.273. The van der Waals surface area contributed by atoms with Crippen LogP contribution in [-0.4, -0.2) is 18.3 Å². The molecule has 1 aromatic rings. The summed E-state index contributed by atoms with van der Waals surface area (Å²) < 4.78 is 10.8. The van der Waals surface area contributed by atoms with Crippen molar-refractivity contribution in [3.05, 3.63) is 22.7 Å². The Kier molecular flexibility index (Phi) is 4.72. The second kappa shape index (κ2) is 5.83. The second-order valence-electron chi connectivity index (χ2n) is 2.93. The average molecular weight is 231 g/mol. The van der Waals surface area contributed by atoms with Crippen LogP contribution in [-0.2, 0) is 6.61 Å². The summed E-state index contributed by atoms with van der Waals surface area (Å²) in [5.41, 5.74) is 0.715. The molecule has 0 aliphatic carbocycles. The smallest absolute Gasteiger partial charge is 0.179 e. The van der Waals surface area contributed by atoms with Gasteiger partial charge in [0.25, 0.3) is 0 Å². The Morgan fingerprint density at radius 3 is 2.40 bits per heavy atom. The maximum Gasteiger partial charge on any atom is 0.179 e. The summed E-state index contributed by atoms with van der Waals surface area (Å²) >= 11 is 6.01. The van der Waals surface area contributed by atoms with Crippen LogP contribution in [0.1, 0.15) is 19.4 Å². The summed E-state index contributed by atoms with van der Waals surface area (Å²) in [6.07, 6.45) is 0. The fraction of sp³-hybridized carbons (Fsp3) is 0.455. The van der Waals surface area contributed by atoms with Gasteiger partial charge in [0.2, 0.25) is 0 Å². The van der Waals surface area contributed by atoms with Gasteiger partial charge >= 0.3 is 0 Å². The molecule has 1 N–H and O–H groups in total. The average Bonchev–Trinajstić information content (AvgIpc) is 2.23. The molecule has 84 valence electrons. The second-order valence-corrected chi connectivity index (χ2v) is 3.34. The number of hydrogen-bond acceptors (Lipinski definition) is 3. The van der Waals surface area contributed by atoms with Crippen molar-refractivity contribution in [3.63, 3.8) is 0 Å². The molecule has 15 heavy (non-hydrogen) atoms. The lowest BCUT2D eigenvalue weighted by Gasteiger charge is -2.13. The maximum absolute atomic E-state index is 9.02. The van der Waals surface area contributed by atoms with Gasteiger partial charge in [-0.3, -0.25) is 0 Å². The van der Waals surface area contributed by atoms with Gasteiger partial charge in [0.1, 0.15) is 0 Å². The van der Waals surface area contributed by atoms with Crippen molar-refractivity contribution in [2.75, 3.05) is 13.2 Å². The van der Waals surface area contributed by atoms with E-state index in [1.807, 2.05) is 13.8 Å². The first-order valence-electron chi connectivity index (χ1n) is 4.91. The number of hydrogen-bond donors (Lipinski definition) is 1. The first kappa shape index (κ1) is 12.1. The molecule has 0 fully saturated rings. The third-order valence-corrected chi connectivity index (χ3v) is 2.12. The molecule has 0 saturated carbocycles. The van der Waals surface area contributed by atoms with E-state index in [4.69, 9.17) is 26.2 Å². The van der Waals surface area contributed by atoms with Gasteiger partial charge in [-0.1, -0.05) is 11.6 Å². The third kappa shape index (κ3) is 3.01. The summed E-state index contributed by atoms with van der Waals surface area (Å²) in [6.45, 7) is 4.76. The van der Waals surface area contributed by atoms with Gasteiger partial charge in [0.15, 0.2) is 11.5 Å². The Hall–Kier alpha value is -0.930. The summed E-state index contributed by atoms with van der Waals surface area (Å²) in [5.74, 6) is 1.12. The van der Waals surface area contributed by atoms with Crippen LogP contribution in [0, 0.1) is 0 Å². The van der Waals surface area contributed by atoms with Crippen LogP contribution >= 0.6 is 11.6 Å². The first-order valence-corrected chi connectivity index (χ1v) is 5.29. The van der Waals surface area contributed by atoms with Crippen LogP contribution in [0.15, 0.2) is 12.1 Å². The normalized spacial score (nSPS) is 10.1. The molecule has 0 atom stereocenters. The lowest BCUT2D eigenvalue weighted by Crippen LogP contribution is -2.00. The van der Waals surface area contributed by atoms with E-state index in [1.165, 1.54) is 0 Å². The van der Waals surface area contributed by atoms with E-state index in [1.54, 1.807) is 12.1 Å². The standard InChI is InChI=1S/C11H15ClO3/c1-3-14-10-6-8(7-13)5-9(12)11(10)15-4-2/h5-6,13H,3-4,7H2,1-2H3. The highest BCUT2D eigenvalue weighted by molar-refractivity contribution is 6.32. The minimum absolute atomic E-state index is 0.0633. The number of aliphatic hydroxyl groups is 1. The van der Waals surface area contributed by atoms with Gasteiger partial charge < -0.3 is 14.6 Å². The number of rotatable bonds is 5. The van der Waals surface area contributed by atoms with Crippen LogP contribution in [0.3, 0.4) is 0 Å². The van der Waals surface area contributed by atoms with E-state index >= 15 is 0 Å². The zero-order valence-corrected chi connectivity index (χ0v) is 9.67. The molecule has 0 spiro atoms. The predicted molar refractivity (Wildman–Crippen MR) is 59.7 cm³/mol. The van der Waals surface area contributed by atoms with E-state index in [2.05, 4.69) is 0 Å². The summed E-state index contributed by atoms with van der Waals surface area (Å²) in [4.78, 5) is 0. The Labute approximate surface area is 94.6 Å². The molecule has 0 amide bonds. The highest BCUT2D eigenvalue weighted by atomic mass is 35.5. The summed E-state index contributed by atoms with van der Waals surface area (Å²) in [5, 5.41) is 9.49. The summed E-state index contributed by atoms with van der Waals surface area (Å²) in [6, 6.07) is 3.41. The molecule has 3 nitrogen and oxygen atoms in total. The quantitative estimate of drug-likeness (QED) is 0.845. The molecule has 0 heterocycles. The molecule has 0 aliphatic rings. The molecule has 0 bridgehead atoms. The monoisotopic (exact) mass is 230 g/mol. The molecule has 0 aliphatic heterocycles. The number of ether oxygens (including phenoxy) is 2. The Balaban J connectivity index is 3.10. The summed E-state index contributed by atoms with van der Waals surface area (Å²) in [7, 11) is 0. The number of aliphatic hydroxyl groups excluding tert-OH is 1. The van der Waals surface area contributed by atoms with Crippen molar-refractivity contribution < 1.29 is 14.6 Å². The van der Waals surface area contributed by atoms with Crippen molar-refractivity contribution in [1.82, 2.24) is 0 Å². The molecular formula is C11H15ClO3. The van der Waals surface area contributed by atoms with Gasteiger partial charge in [0, 0.05) is 0 Å². The highest BCUT2D eigenvalue weighted by Gasteiger charge is 2.11. The van der Waals surface area contributed by atoms with Gasteiger partial charge in [0.05, 0.1) is 24.8 Å². The van der Waals surface area contributed by atoms with Crippen LogP contribution in [0.25, 0.3) is 0 Å². The minimum atomic E-state index is -0.0633. The van der Waals surface area contributed by atoms with E-state index in [-0.39, 0.29) is 6.61 Å². The van der Waals surface area contributed by atoms with Crippen LogP contribution in [0.2, 0.25) is 5.02 Å². The van der Waals surface area contributed by atoms with Gasteiger partial charge in [-0.15, -0.1) is 0 Å². The molecule has 0 radical (unpaired) electrons. The number of benzene rings is 1. The molecule has 0 unspecified atom stereocenters. The Bertz CT molecular complexity index is 326. The molecule has 0 aromatic heterocycles. The highest BCUT2D eigenvalue weighted by Crippen LogP contribution is 2.36. The largest absolute Gasteiger partial charge is 0.490 e. The van der Waals surface area contributed by atoms with Crippen molar-refractivity contribution >= 4 is 11.6 Å². The predicted octanol–water partition coefficient (Wildman–Crippen LogP) is 2.63. The fourth-order valence-electron chi connectivity index (χ4n) is 1.26. The Morgan fingerprint density at radius 1 is 1.20 bits per heavy atom.